The van der Waals surface area contributed by atoms with E-state index in [9.17, 15) is 8.42 Å². The fourth-order valence-corrected chi connectivity index (χ4v) is 4.18. The van der Waals surface area contributed by atoms with Crippen LogP contribution in [0, 0.1) is 12.8 Å². The number of hydrogen-bond donors (Lipinski definition) is 0. The van der Waals surface area contributed by atoms with Gasteiger partial charge in [0.2, 0.25) is 10.0 Å². The largest absolute Gasteiger partial charge is 0.257 e. The molecule has 2 heterocycles. The molecule has 1 aromatic carbocycles. The standard InChI is InChI=1S/C18H23N3O2S/c1-14-5-7-16(8-6-14)18-17(19-9-10-20-18)12-15-4-3-11-21(13-15)24(2,22)23/h5-10,15H,3-4,11-13H2,1-2H3/t15-/m1/s1. The zero-order valence-electron chi connectivity index (χ0n) is 14.1. The van der Waals surface area contributed by atoms with E-state index in [1.807, 2.05) is 0 Å². The average Bonchev–Trinajstić information content (AvgIpc) is 2.56. The van der Waals surface area contributed by atoms with Crippen molar-refractivity contribution in [1.29, 1.82) is 0 Å². The Morgan fingerprint density at radius 1 is 1.17 bits per heavy atom. The Balaban J connectivity index is 1.82. The number of rotatable bonds is 4. The third-order valence-corrected chi connectivity index (χ3v) is 5.80. The minimum atomic E-state index is -3.12. The van der Waals surface area contributed by atoms with Crippen LogP contribution in [0.3, 0.4) is 0 Å². The fourth-order valence-electron chi connectivity index (χ4n) is 3.24. The van der Waals surface area contributed by atoms with Crippen LogP contribution in [0.4, 0.5) is 0 Å². The Bertz CT molecular complexity index is 803. The van der Waals surface area contributed by atoms with E-state index >= 15 is 0 Å². The predicted octanol–water partition coefficient (Wildman–Crippen LogP) is 2.67. The summed E-state index contributed by atoms with van der Waals surface area (Å²) in [5.41, 5.74) is 4.11. The predicted molar refractivity (Wildman–Crippen MR) is 95.0 cm³/mol. The van der Waals surface area contributed by atoms with Crippen LogP contribution in [0.1, 0.15) is 24.1 Å². The number of piperidine rings is 1. The molecule has 1 atom stereocenters. The number of nitrogens with zero attached hydrogens (tertiary/aromatic N) is 3. The molecule has 1 saturated heterocycles. The maximum Gasteiger partial charge on any atom is 0.211 e. The summed E-state index contributed by atoms with van der Waals surface area (Å²) in [6.45, 7) is 3.26. The van der Waals surface area contributed by atoms with E-state index in [1.165, 1.54) is 11.8 Å². The van der Waals surface area contributed by atoms with Gasteiger partial charge in [-0.25, -0.2) is 12.7 Å². The Labute approximate surface area is 143 Å². The van der Waals surface area contributed by atoms with E-state index < -0.39 is 10.0 Å². The monoisotopic (exact) mass is 345 g/mol. The third-order valence-electron chi connectivity index (χ3n) is 4.53. The van der Waals surface area contributed by atoms with E-state index in [1.54, 1.807) is 16.7 Å². The molecule has 0 bridgehead atoms. The molecule has 3 rings (SSSR count). The van der Waals surface area contributed by atoms with Gasteiger partial charge in [-0.1, -0.05) is 29.8 Å². The second-order valence-corrected chi connectivity index (χ2v) is 8.53. The lowest BCUT2D eigenvalue weighted by atomic mass is 9.93. The molecule has 5 nitrogen and oxygen atoms in total. The van der Waals surface area contributed by atoms with Crippen molar-refractivity contribution >= 4 is 10.0 Å². The third kappa shape index (κ3) is 3.99. The summed E-state index contributed by atoms with van der Waals surface area (Å²) >= 11 is 0. The van der Waals surface area contributed by atoms with Gasteiger partial charge < -0.3 is 0 Å². The van der Waals surface area contributed by atoms with Crippen molar-refractivity contribution in [3.8, 4) is 11.3 Å². The maximum absolute atomic E-state index is 11.8. The summed E-state index contributed by atoms with van der Waals surface area (Å²) in [5, 5.41) is 0. The Hall–Kier alpha value is -1.79. The highest BCUT2D eigenvalue weighted by atomic mass is 32.2. The average molecular weight is 345 g/mol. The van der Waals surface area contributed by atoms with Gasteiger partial charge in [-0.05, 0) is 32.1 Å². The first-order valence-electron chi connectivity index (χ1n) is 8.25. The smallest absolute Gasteiger partial charge is 0.211 e. The molecule has 1 aliphatic rings. The van der Waals surface area contributed by atoms with Crippen LogP contribution in [-0.2, 0) is 16.4 Å². The van der Waals surface area contributed by atoms with Crippen molar-refractivity contribution in [2.45, 2.75) is 26.2 Å². The van der Waals surface area contributed by atoms with Gasteiger partial charge in [0.1, 0.15) is 0 Å². The number of aryl methyl sites for hydroxylation is 1. The molecular formula is C18H23N3O2S. The van der Waals surface area contributed by atoms with Crippen molar-refractivity contribution in [2.75, 3.05) is 19.3 Å². The molecule has 0 saturated carbocycles. The SMILES string of the molecule is Cc1ccc(-c2nccnc2C[C@H]2CCCN(S(C)(=O)=O)C2)cc1. The van der Waals surface area contributed by atoms with Crippen molar-refractivity contribution in [3.63, 3.8) is 0 Å². The van der Waals surface area contributed by atoms with Crippen molar-refractivity contribution < 1.29 is 8.42 Å². The van der Waals surface area contributed by atoms with Gasteiger partial charge in [0.25, 0.3) is 0 Å². The second kappa shape index (κ2) is 6.99. The topological polar surface area (TPSA) is 63.2 Å². The van der Waals surface area contributed by atoms with E-state index in [-0.39, 0.29) is 5.92 Å². The van der Waals surface area contributed by atoms with E-state index in [0.717, 1.165) is 36.2 Å². The van der Waals surface area contributed by atoms with Crippen LogP contribution in [0.15, 0.2) is 36.7 Å². The van der Waals surface area contributed by atoms with Gasteiger partial charge in [-0.3, -0.25) is 9.97 Å². The fraction of sp³-hybridized carbons (Fsp3) is 0.444. The first-order valence-corrected chi connectivity index (χ1v) is 10.1. The summed E-state index contributed by atoms with van der Waals surface area (Å²) in [5.74, 6) is 0.286. The molecule has 0 aliphatic carbocycles. The molecule has 128 valence electrons. The van der Waals surface area contributed by atoms with Gasteiger partial charge in [0.05, 0.1) is 17.6 Å². The highest BCUT2D eigenvalue weighted by Gasteiger charge is 2.27. The normalized spacial score (nSPS) is 19.3. The summed E-state index contributed by atoms with van der Waals surface area (Å²) in [6, 6.07) is 8.26. The molecule has 0 spiro atoms. The van der Waals surface area contributed by atoms with Crippen molar-refractivity contribution in [1.82, 2.24) is 14.3 Å². The summed E-state index contributed by atoms with van der Waals surface area (Å²) in [7, 11) is -3.12. The summed E-state index contributed by atoms with van der Waals surface area (Å²) in [4.78, 5) is 9.05. The molecule has 0 radical (unpaired) electrons. The van der Waals surface area contributed by atoms with E-state index in [4.69, 9.17) is 0 Å². The maximum atomic E-state index is 11.8. The number of aromatic nitrogens is 2. The van der Waals surface area contributed by atoms with Gasteiger partial charge >= 0.3 is 0 Å². The van der Waals surface area contributed by atoms with Crippen LogP contribution >= 0.6 is 0 Å². The zero-order chi connectivity index (χ0) is 17.2. The molecule has 0 N–H and O–H groups in total. The molecule has 1 aromatic heterocycles. The second-order valence-electron chi connectivity index (χ2n) is 6.55. The highest BCUT2D eigenvalue weighted by Crippen LogP contribution is 2.26. The van der Waals surface area contributed by atoms with Crippen molar-refractivity contribution in [3.05, 3.63) is 47.9 Å². The molecule has 6 heteroatoms. The molecule has 1 fully saturated rings. The number of benzene rings is 1. The molecular weight excluding hydrogens is 322 g/mol. The van der Waals surface area contributed by atoms with Gasteiger partial charge in [0.15, 0.2) is 0 Å². The minimum absolute atomic E-state index is 0.286. The van der Waals surface area contributed by atoms with Crippen LogP contribution in [-0.4, -0.2) is 42.0 Å². The van der Waals surface area contributed by atoms with Gasteiger partial charge in [-0.2, -0.15) is 0 Å². The molecule has 2 aromatic rings. The Kier molecular flexibility index (Phi) is 4.96. The minimum Gasteiger partial charge on any atom is -0.257 e. The van der Waals surface area contributed by atoms with Gasteiger partial charge in [-0.15, -0.1) is 0 Å². The Morgan fingerprint density at radius 3 is 2.58 bits per heavy atom. The molecule has 24 heavy (non-hydrogen) atoms. The first kappa shape index (κ1) is 17.0. The van der Waals surface area contributed by atoms with Crippen LogP contribution in [0.25, 0.3) is 11.3 Å². The Morgan fingerprint density at radius 2 is 1.88 bits per heavy atom. The first-order chi connectivity index (χ1) is 11.4. The van der Waals surface area contributed by atoms with Crippen LogP contribution in [0.5, 0.6) is 0 Å². The molecule has 1 aliphatic heterocycles. The lowest BCUT2D eigenvalue weighted by Gasteiger charge is -2.31. The lowest BCUT2D eigenvalue weighted by Crippen LogP contribution is -2.39. The lowest BCUT2D eigenvalue weighted by molar-refractivity contribution is 0.265. The number of hydrogen-bond acceptors (Lipinski definition) is 4. The molecule has 0 unspecified atom stereocenters. The van der Waals surface area contributed by atoms with Crippen molar-refractivity contribution in [2.24, 2.45) is 5.92 Å². The quantitative estimate of drug-likeness (QED) is 0.855. The molecule has 0 amide bonds. The summed E-state index contributed by atoms with van der Waals surface area (Å²) < 4.78 is 25.2. The summed E-state index contributed by atoms with van der Waals surface area (Å²) in [6.07, 6.45) is 7.39. The van der Waals surface area contributed by atoms with E-state index in [0.29, 0.717) is 13.1 Å². The zero-order valence-corrected chi connectivity index (χ0v) is 15.0. The highest BCUT2D eigenvalue weighted by molar-refractivity contribution is 7.88. The van der Waals surface area contributed by atoms with Gasteiger partial charge in [0, 0.05) is 31.0 Å². The van der Waals surface area contributed by atoms with Crippen LogP contribution < -0.4 is 0 Å². The van der Waals surface area contributed by atoms with E-state index in [2.05, 4.69) is 41.2 Å². The number of sulfonamides is 1. The van der Waals surface area contributed by atoms with Crippen LogP contribution in [0.2, 0.25) is 0 Å².